The molecule has 0 spiro atoms. The van der Waals surface area contributed by atoms with E-state index in [9.17, 15) is 4.79 Å². The molecule has 0 radical (unpaired) electrons. The quantitative estimate of drug-likeness (QED) is 0.805. The van der Waals surface area contributed by atoms with Crippen molar-refractivity contribution in [2.45, 2.75) is 19.8 Å². The van der Waals surface area contributed by atoms with Crippen LogP contribution >= 0.6 is 15.9 Å². The molecule has 23 heavy (non-hydrogen) atoms. The van der Waals surface area contributed by atoms with Crippen LogP contribution < -0.4 is 16.0 Å². The third-order valence-corrected chi connectivity index (χ3v) is 4.50. The molecule has 3 N–H and O–H groups in total. The van der Waals surface area contributed by atoms with E-state index in [-0.39, 0.29) is 5.91 Å². The summed E-state index contributed by atoms with van der Waals surface area (Å²) >= 11 is 3.42. The molecule has 3 rings (SSSR count). The van der Waals surface area contributed by atoms with Crippen LogP contribution in [0, 0.1) is 6.92 Å². The lowest BCUT2D eigenvalue weighted by Crippen LogP contribution is -2.19. The van der Waals surface area contributed by atoms with Gasteiger partial charge in [0, 0.05) is 23.8 Å². The van der Waals surface area contributed by atoms with Gasteiger partial charge in [-0.25, -0.2) is 4.98 Å². The molecular weight excluding hydrogens is 356 g/mol. The van der Waals surface area contributed by atoms with E-state index in [0.717, 1.165) is 28.9 Å². The minimum absolute atomic E-state index is 0.213. The molecule has 1 aliphatic heterocycles. The number of benzene rings is 1. The van der Waals surface area contributed by atoms with Crippen molar-refractivity contribution in [3.05, 3.63) is 46.1 Å². The first-order chi connectivity index (χ1) is 11.0. The van der Waals surface area contributed by atoms with Crippen LogP contribution in [-0.2, 0) is 0 Å². The van der Waals surface area contributed by atoms with Gasteiger partial charge in [-0.3, -0.25) is 4.79 Å². The number of carbonyl (C=O) groups excluding carboxylic acids is 1. The number of aryl methyl sites for hydroxylation is 1. The SMILES string of the molecule is Cc1cc(Br)cc(NC(=O)c2ccc(N3CCCC3)nc2)c1N. The predicted molar refractivity (Wildman–Crippen MR) is 96.9 cm³/mol. The largest absolute Gasteiger partial charge is 0.397 e. The van der Waals surface area contributed by atoms with E-state index in [0.29, 0.717) is 16.9 Å². The molecule has 0 unspecified atom stereocenters. The van der Waals surface area contributed by atoms with Gasteiger partial charge < -0.3 is 16.0 Å². The first-order valence-corrected chi connectivity index (χ1v) is 8.42. The maximum atomic E-state index is 12.4. The van der Waals surface area contributed by atoms with Crippen LogP contribution in [0.1, 0.15) is 28.8 Å². The second kappa shape index (κ2) is 6.58. The van der Waals surface area contributed by atoms with Crippen LogP contribution in [-0.4, -0.2) is 24.0 Å². The smallest absolute Gasteiger partial charge is 0.257 e. The fourth-order valence-corrected chi connectivity index (χ4v) is 3.28. The van der Waals surface area contributed by atoms with Crippen LogP contribution in [0.25, 0.3) is 0 Å². The molecule has 1 fully saturated rings. The number of carbonyl (C=O) groups is 1. The Morgan fingerprint density at radius 2 is 2.04 bits per heavy atom. The van der Waals surface area contributed by atoms with Gasteiger partial charge in [-0.1, -0.05) is 15.9 Å². The Morgan fingerprint density at radius 1 is 1.30 bits per heavy atom. The number of aromatic nitrogens is 1. The van der Waals surface area contributed by atoms with E-state index in [1.807, 2.05) is 19.1 Å². The van der Waals surface area contributed by atoms with Crippen LogP contribution in [0.4, 0.5) is 17.2 Å². The number of nitrogen functional groups attached to an aromatic ring is 1. The topological polar surface area (TPSA) is 71.2 Å². The number of halogens is 1. The van der Waals surface area contributed by atoms with Gasteiger partial charge in [-0.2, -0.15) is 0 Å². The molecule has 1 amide bonds. The molecule has 1 aliphatic rings. The van der Waals surface area contributed by atoms with E-state index in [1.165, 1.54) is 12.8 Å². The number of pyridine rings is 1. The van der Waals surface area contributed by atoms with Crippen LogP contribution in [0.2, 0.25) is 0 Å². The van der Waals surface area contributed by atoms with E-state index in [4.69, 9.17) is 5.73 Å². The maximum Gasteiger partial charge on any atom is 0.257 e. The molecule has 2 heterocycles. The summed E-state index contributed by atoms with van der Waals surface area (Å²) in [6.45, 7) is 3.97. The fraction of sp³-hybridized carbons (Fsp3) is 0.294. The summed E-state index contributed by atoms with van der Waals surface area (Å²) in [7, 11) is 0. The van der Waals surface area contributed by atoms with Gasteiger partial charge in [0.25, 0.3) is 5.91 Å². The third kappa shape index (κ3) is 3.47. The van der Waals surface area contributed by atoms with Crippen LogP contribution in [0.3, 0.4) is 0 Å². The molecule has 0 aliphatic carbocycles. The number of rotatable bonds is 3. The number of hydrogen-bond acceptors (Lipinski definition) is 4. The summed E-state index contributed by atoms with van der Waals surface area (Å²) in [6, 6.07) is 7.41. The van der Waals surface area contributed by atoms with E-state index >= 15 is 0 Å². The monoisotopic (exact) mass is 374 g/mol. The minimum Gasteiger partial charge on any atom is -0.397 e. The molecule has 0 atom stereocenters. The van der Waals surface area contributed by atoms with Crippen molar-refractivity contribution < 1.29 is 4.79 Å². The summed E-state index contributed by atoms with van der Waals surface area (Å²) < 4.78 is 0.877. The molecule has 1 saturated heterocycles. The Bertz CT molecular complexity index is 724. The van der Waals surface area contributed by atoms with Crippen molar-refractivity contribution in [1.82, 2.24) is 4.98 Å². The van der Waals surface area contributed by atoms with E-state index < -0.39 is 0 Å². The summed E-state index contributed by atoms with van der Waals surface area (Å²) in [4.78, 5) is 19.0. The highest BCUT2D eigenvalue weighted by atomic mass is 79.9. The van der Waals surface area contributed by atoms with Gasteiger partial charge in [0.1, 0.15) is 5.82 Å². The van der Waals surface area contributed by atoms with E-state index in [1.54, 1.807) is 18.3 Å². The van der Waals surface area contributed by atoms with Crippen molar-refractivity contribution in [3.63, 3.8) is 0 Å². The lowest BCUT2D eigenvalue weighted by molar-refractivity contribution is 0.102. The Kier molecular flexibility index (Phi) is 4.52. The molecule has 0 bridgehead atoms. The Balaban J connectivity index is 1.76. The lowest BCUT2D eigenvalue weighted by atomic mass is 10.1. The van der Waals surface area contributed by atoms with Crippen molar-refractivity contribution >= 4 is 39.0 Å². The third-order valence-electron chi connectivity index (χ3n) is 4.04. The first kappa shape index (κ1) is 15.8. The number of nitrogens with zero attached hydrogens (tertiary/aromatic N) is 2. The lowest BCUT2D eigenvalue weighted by Gasteiger charge is -2.16. The number of nitrogens with one attached hydrogen (secondary N) is 1. The standard InChI is InChI=1S/C17H19BrN4O/c1-11-8-13(18)9-14(16(11)19)21-17(23)12-4-5-15(20-10-12)22-6-2-3-7-22/h4-5,8-10H,2-3,6-7,19H2,1H3,(H,21,23). The molecule has 5 nitrogen and oxygen atoms in total. The number of hydrogen-bond donors (Lipinski definition) is 2. The molecule has 1 aromatic heterocycles. The van der Waals surface area contributed by atoms with Gasteiger partial charge in [0.15, 0.2) is 0 Å². The Labute approximate surface area is 144 Å². The Morgan fingerprint density at radius 3 is 2.70 bits per heavy atom. The first-order valence-electron chi connectivity index (χ1n) is 7.62. The molecule has 1 aromatic carbocycles. The van der Waals surface area contributed by atoms with Gasteiger partial charge in [0.2, 0.25) is 0 Å². The van der Waals surface area contributed by atoms with E-state index in [2.05, 4.69) is 31.1 Å². The van der Waals surface area contributed by atoms with Crippen molar-refractivity contribution in [2.75, 3.05) is 29.0 Å². The minimum atomic E-state index is -0.213. The van der Waals surface area contributed by atoms with Gasteiger partial charge in [-0.05, 0) is 49.6 Å². The molecule has 120 valence electrons. The van der Waals surface area contributed by atoms with Crippen LogP contribution in [0.15, 0.2) is 34.9 Å². The average Bonchev–Trinajstić information content (AvgIpc) is 3.06. The zero-order valence-corrected chi connectivity index (χ0v) is 14.6. The van der Waals surface area contributed by atoms with Gasteiger partial charge in [-0.15, -0.1) is 0 Å². The maximum absolute atomic E-state index is 12.4. The highest BCUT2D eigenvalue weighted by Gasteiger charge is 2.15. The molecule has 6 heteroatoms. The zero-order chi connectivity index (χ0) is 16.4. The zero-order valence-electron chi connectivity index (χ0n) is 13.0. The van der Waals surface area contributed by atoms with Crippen LogP contribution in [0.5, 0.6) is 0 Å². The van der Waals surface area contributed by atoms with Crippen molar-refractivity contribution in [1.29, 1.82) is 0 Å². The second-order valence-electron chi connectivity index (χ2n) is 5.74. The van der Waals surface area contributed by atoms with Crippen molar-refractivity contribution in [3.8, 4) is 0 Å². The highest BCUT2D eigenvalue weighted by Crippen LogP contribution is 2.28. The number of nitrogens with two attached hydrogens (primary N) is 1. The van der Waals surface area contributed by atoms with Crippen molar-refractivity contribution in [2.24, 2.45) is 0 Å². The number of anilines is 3. The molecule has 0 saturated carbocycles. The Hall–Kier alpha value is -2.08. The average molecular weight is 375 g/mol. The summed E-state index contributed by atoms with van der Waals surface area (Å²) in [5.74, 6) is 0.714. The summed E-state index contributed by atoms with van der Waals surface area (Å²) in [6.07, 6.45) is 4.01. The summed E-state index contributed by atoms with van der Waals surface area (Å²) in [5, 5.41) is 2.85. The number of amides is 1. The molecular formula is C17H19BrN4O. The summed E-state index contributed by atoms with van der Waals surface area (Å²) in [5.41, 5.74) is 8.63. The molecule has 2 aromatic rings. The van der Waals surface area contributed by atoms with Gasteiger partial charge in [0.05, 0.1) is 16.9 Å². The fourth-order valence-electron chi connectivity index (χ4n) is 2.71. The predicted octanol–water partition coefficient (Wildman–Crippen LogP) is 3.59. The normalized spacial score (nSPS) is 14.1. The van der Waals surface area contributed by atoms with Gasteiger partial charge >= 0.3 is 0 Å². The highest BCUT2D eigenvalue weighted by molar-refractivity contribution is 9.10. The second-order valence-corrected chi connectivity index (χ2v) is 6.65.